The highest BCUT2D eigenvalue weighted by Gasteiger charge is 2.43. The first-order chi connectivity index (χ1) is 12.7. The van der Waals surface area contributed by atoms with Gasteiger partial charge in [-0.05, 0) is 48.6 Å². The van der Waals surface area contributed by atoms with Crippen molar-refractivity contribution in [3.8, 4) is 11.5 Å². The third kappa shape index (κ3) is 2.51. The van der Waals surface area contributed by atoms with E-state index in [0.29, 0.717) is 24.3 Å². The Kier molecular flexibility index (Phi) is 3.42. The third-order valence-corrected chi connectivity index (χ3v) is 5.40. The molecule has 0 unspecified atom stereocenters. The number of pyridine rings is 1. The van der Waals surface area contributed by atoms with Crippen molar-refractivity contribution in [1.82, 2.24) is 14.9 Å². The molecule has 2 aliphatic rings. The van der Waals surface area contributed by atoms with E-state index in [1.54, 1.807) is 12.5 Å². The van der Waals surface area contributed by atoms with Crippen molar-refractivity contribution in [1.29, 1.82) is 0 Å². The molecular formula is C21H19N3O2. The Morgan fingerprint density at radius 2 is 2.08 bits per heavy atom. The monoisotopic (exact) mass is 345 g/mol. The summed E-state index contributed by atoms with van der Waals surface area (Å²) in [5.41, 5.74) is 5.02. The van der Waals surface area contributed by atoms with Crippen LogP contribution in [0.4, 0.5) is 0 Å². The number of oxazole rings is 1. The average molecular weight is 345 g/mol. The summed E-state index contributed by atoms with van der Waals surface area (Å²) < 4.78 is 5.44. The van der Waals surface area contributed by atoms with Crippen LogP contribution in [0.15, 0.2) is 53.4 Å². The summed E-state index contributed by atoms with van der Waals surface area (Å²) in [6, 6.07) is 9.99. The molecule has 0 N–H and O–H groups in total. The molecule has 0 bridgehead atoms. The molecule has 0 spiro atoms. The first-order valence-electron chi connectivity index (χ1n) is 8.94. The number of amides is 1. The fraction of sp³-hybridized carbons (Fsp3) is 0.286. The number of nitrogens with zero attached hydrogens (tertiary/aromatic N) is 3. The molecule has 1 amide bonds. The van der Waals surface area contributed by atoms with E-state index >= 15 is 0 Å². The standard InChI is InChI=1S/C21H19N3O2/c1-13-5-6-19(23-10-13)17-9-14(17)11-24-12-18-15(20-22-7-8-26-20)3-2-4-16(18)21(24)25/h2-8,10,14,17H,9,11-12H2,1H3/t14-,17+/m0/s1. The minimum Gasteiger partial charge on any atom is -0.445 e. The molecule has 2 atom stereocenters. The lowest BCUT2D eigenvalue weighted by atomic mass is 10.0. The zero-order valence-electron chi connectivity index (χ0n) is 14.6. The highest BCUT2D eigenvalue weighted by atomic mass is 16.3. The van der Waals surface area contributed by atoms with Gasteiger partial charge in [-0.1, -0.05) is 12.1 Å². The largest absolute Gasteiger partial charge is 0.445 e. The van der Waals surface area contributed by atoms with Crippen molar-refractivity contribution < 1.29 is 9.21 Å². The van der Waals surface area contributed by atoms with Crippen LogP contribution in [0.25, 0.3) is 11.5 Å². The maximum absolute atomic E-state index is 12.8. The molecular weight excluding hydrogens is 326 g/mol. The Morgan fingerprint density at radius 1 is 1.19 bits per heavy atom. The quantitative estimate of drug-likeness (QED) is 0.721. The molecule has 0 radical (unpaired) electrons. The molecule has 1 aliphatic heterocycles. The Bertz CT molecular complexity index is 963. The SMILES string of the molecule is Cc1ccc([C@@H]2C[C@H]2CN2Cc3c(cccc3-c3ncco3)C2=O)nc1. The van der Waals surface area contributed by atoms with E-state index in [4.69, 9.17) is 4.42 Å². The second-order valence-electron chi connectivity index (χ2n) is 7.22. The van der Waals surface area contributed by atoms with Crippen LogP contribution in [0, 0.1) is 12.8 Å². The molecule has 1 fully saturated rings. The predicted octanol–water partition coefficient (Wildman–Crippen LogP) is 3.80. The summed E-state index contributed by atoms with van der Waals surface area (Å²) >= 11 is 0. The lowest BCUT2D eigenvalue weighted by Gasteiger charge is -2.15. The van der Waals surface area contributed by atoms with Gasteiger partial charge in [0.15, 0.2) is 0 Å². The second-order valence-corrected chi connectivity index (χ2v) is 7.22. The van der Waals surface area contributed by atoms with Crippen LogP contribution in [0.3, 0.4) is 0 Å². The van der Waals surface area contributed by atoms with Crippen molar-refractivity contribution in [2.45, 2.75) is 25.8 Å². The zero-order chi connectivity index (χ0) is 17.7. The minimum atomic E-state index is 0.107. The predicted molar refractivity (Wildman–Crippen MR) is 96.5 cm³/mol. The van der Waals surface area contributed by atoms with Gasteiger partial charge in [0.1, 0.15) is 6.26 Å². The van der Waals surface area contributed by atoms with E-state index in [0.717, 1.165) is 35.3 Å². The Hall–Kier alpha value is -2.95. The van der Waals surface area contributed by atoms with Crippen LogP contribution in [0.2, 0.25) is 0 Å². The van der Waals surface area contributed by atoms with Crippen LogP contribution < -0.4 is 0 Å². The maximum atomic E-state index is 12.8. The van der Waals surface area contributed by atoms with Crippen molar-refractivity contribution in [3.63, 3.8) is 0 Å². The fourth-order valence-corrected chi connectivity index (χ4v) is 3.89. The highest BCUT2D eigenvalue weighted by Crippen LogP contribution is 2.48. The van der Waals surface area contributed by atoms with E-state index in [2.05, 4.69) is 22.1 Å². The third-order valence-electron chi connectivity index (χ3n) is 5.40. The van der Waals surface area contributed by atoms with Crippen LogP contribution in [-0.2, 0) is 6.54 Å². The van der Waals surface area contributed by atoms with Gasteiger partial charge in [-0.25, -0.2) is 4.98 Å². The van der Waals surface area contributed by atoms with Crippen LogP contribution in [0.5, 0.6) is 0 Å². The van der Waals surface area contributed by atoms with Gasteiger partial charge < -0.3 is 9.32 Å². The number of benzene rings is 1. The van der Waals surface area contributed by atoms with E-state index in [-0.39, 0.29) is 5.91 Å². The van der Waals surface area contributed by atoms with E-state index in [1.807, 2.05) is 36.2 Å². The van der Waals surface area contributed by atoms with E-state index in [1.165, 1.54) is 5.56 Å². The van der Waals surface area contributed by atoms with E-state index in [9.17, 15) is 4.79 Å². The van der Waals surface area contributed by atoms with Crippen LogP contribution >= 0.6 is 0 Å². The average Bonchev–Trinajstić information content (AvgIpc) is 3.06. The summed E-state index contributed by atoms with van der Waals surface area (Å²) in [6.07, 6.45) is 6.21. The summed E-state index contributed by atoms with van der Waals surface area (Å²) in [4.78, 5) is 23.6. The molecule has 5 nitrogen and oxygen atoms in total. The van der Waals surface area contributed by atoms with Gasteiger partial charge in [0.25, 0.3) is 5.91 Å². The first kappa shape index (κ1) is 15.3. The van der Waals surface area contributed by atoms with Crippen LogP contribution in [-0.4, -0.2) is 27.3 Å². The number of fused-ring (bicyclic) bond motifs is 1. The lowest BCUT2D eigenvalue weighted by molar-refractivity contribution is 0.0770. The summed E-state index contributed by atoms with van der Waals surface area (Å²) in [5, 5.41) is 0. The molecule has 130 valence electrons. The smallest absolute Gasteiger partial charge is 0.254 e. The first-order valence-corrected chi connectivity index (χ1v) is 8.94. The lowest BCUT2D eigenvalue weighted by Crippen LogP contribution is -2.26. The van der Waals surface area contributed by atoms with Gasteiger partial charge in [0.05, 0.1) is 6.20 Å². The van der Waals surface area contributed by atoms with Crippen LogP contribution in [0.1, 0.15) is 39.5 Å². The number of carbonyl (C=O) groups excluding carboxylic acids is 1. The number of rotatable bonds is 4. The molecule has 5 heteroatoms. The number of aromatic nitrogens is 2. The normalized spacial score (nSPS) is 21.1. The zero-order valence-corrected chi connectivity index (χ0v) is 14.6. The summed E-state index contributed by atoms with van der Waals surface area (Å²) in [5.74, 6) is 1.65. The van der Waals surface area contributed by atoms with Gasteiger partial charge >= 0.3 is 0 Å². The van der Waals surface area contributed by atoms with Gasteiger partial charge in [0.2, 0.25) is 5.89 Å². The van der Waals surface area contributed by atoms with Gasteiger partial charge in [-0.15, -0.1) is 0 Å². The fourth-order valence-electron chi connectivity index (χ4n) is 3.89. The summed E-state index contributed by atoms with van der Waals surface area (Å²) in [6.45, 7) is 3.45. The van der Waals surface area contributed by atoms with Gasteiger partial charge in [-0.2, -0.15) is 0 Å². The van der Waals surface area contributed by atoms with E-state index < -0.39 is 0 Å². The maximum Gasteiger partial charge on any atom is 0.254 e. The molecule has 3 heterocycles. The van der Waals surface area contributed by atoms with Gasteiger partial charge in [-0.3, -0.25) is 9.78 Å². The number of carbonyl (C=O) groups is 1. The second kappa shape index (κ2) is 5.80. The number of hydrogen-bond donors (Lipinski definition) is 0. The highest BCUT2D eigenvalue weighted by molar-refractivity contribution is 6.00. The molecule has 1 saturated carbocycles. The molecule has 26 heavy (non-hydrogen) atoms. The molecule has 5 rings (SSSR count). The Balaban J connectivity index is 1.34. The van der Waals surface area contributed by atoms with Gasteiger partial charge in [0, 0.05) is 42.0 Å². The van der Waals surface area contributed by atoms with Crippen molar-refractivity contribution in [3.05, 3.63) is 71.4 Å². The molecule has 2 aromatic heterocycles. The molecule has 3 aromatic rings. The molecule has 1 aromatic carbocycles. The topological polar surface area (TPSA) is 59.2 Å². The molecule has 0 saturated heterocycles. The molecule has 1 aliphatic carbocycles. The van der Waals surface area contributed by atoms with Crippen molar-refractivity contribution in [2.24, 2.45) is 5.92 Å². The van der Waals surface area contributed by atoms with Crippen molar-refractivity contribution in [2.75, 3.05) is 6.54 Å². The van der Waals surface area contributed by atoms with Crippen molar-refractivity contribution >= 4 is 5.91 Å². The Morgan fingerprint density at radius 3 is 2.85 bits per heavy atom. The number of hydrogen-bond acceptors (Lipinski definition) is 4. The summed E-state index contributed by atoms with van der Waals surface area (Å²) in [7, 11) is 0. The minimum absolute atomic E-state index is 0.107. The number of aryl methyl sites for hydroxylation is 1. The Labute approximate surface area is 151 Å².